The van der Waals surface area contributed by atoms with E-state index in [0.717, 1.165) is 0 Å². The van der Waals surface area contributed by atoms with Crippen molar-refractivity contribution in [2.24, 2.45) is 0 Å². The molecular formula is C9H10F3N3. The molecular weight excluding hydrogens is 207 g/mol. The number of nitrogens with zero attached hydrogens (tertiary/aromatic N) is 2. The van der Waals surface area contributed by atoms with Gasteiger partial charge in [-0.05, 0) is 31.9 Å². The molecule has 6 heteroatoms. The number of hydrogen-bond acceptors (Lipinski definition) is 3. The minimum absolute atomic E-state index is 0.103. The molecule has 15 heavy (non-hydrogen) atoms. The van der Waals surface area contributed by atoms with Gasteiger partial charge in [-0.25, -0.2) is 0 Å². The minimum Gasteiger partial charge on any atom is -0.355 e. The summed E-state index contributed by atoms with van der Waals surface area (Å²) in [6.45, 7) is 1.73. The van der Waals surface area contributed by atoms with Gasteiger partial charge in [0.15, 0.2) is 0 Å². The molecule has 1 N–H and O–H groups in total. The maximum absolute atomic E-state index is 12.6. The Balaban J connectivity index is 2.13. The Morgan fingerprint density at radius 1 is 1.27 bits per heavy atom. The van der Waals surface area contributed by atoms with Crippen LogP contribution in [0.1, 0.15) is 18.5 Å². The highest BCUT2D eigenvalue weighted by atomic mass is 19.4. The van der Waals surface area contributed by atoms with E-state index < -0.39 is 11.7 Å². The van der Waals surface area contributed by atoms with E-state index in [1.807, 2.05) is 0 Å². The number of aryl methyl sites for hydroxylation is 1. The van der Waals surface area contributed by atoms with Crippen LogP contribution in [0.5, 0.6) is 0 Å². The lowest BCUT2D eigenvalue weighted by Gasteiger charge is -2.20. The molecule has 1 saturated carbocycles. The Morgan fingerprint density at radius 2 is 1.93 bits per heavy atom. The second kappa shape index (κ2) is 3.08. The van der Waals surface area contributed by atoms with E-state index in [9.17, 15) is 13.2 Å². The largest absolute Gasteiger partial charge is 0.411 e. The molecule has 0 aromatic carbocycles. The number of rotatable bonds is 2. The normalized spacial score (nSPS) is 18.7. The van der Waals surface area contributed by atoms with Crippen LogP contribution < -0.4 is 5.32 Å². The zero-order chi connectivity index (χ0) is 11.1. The molecule has 0 unspecified atom stereocenters. The van der Waals surface area contributed by atoms with Crippen molar-refractivity contribution in [1.82, 2.24) is 10.2 Å². The fourth-order valence-corrected chi connectivity index (χ4v) is 1.32. The summed E-state index contributed by atoms with van der Waals surface area (Å²) < 4.78 is 37.7. The fourth-order valence-electron chi connectivity index (χ4n) is 1.32. The van der Waals surface area contributed by atoms with Crippen LogP contribution in [0.25, 0.3) is 0 Å². The second-order valence-electron chi connectivity index (χ2n) is 3.76. The van der Waals surface area contributed by atoms with Gasteiger partial charge in [0.05, 0.1) is 5.69 Å². The molecule has 0 aliphatic heterocycles. The third-order valence-corrected chi connectivity index (χ3v) is 2.46. The summed E-state index contributed by atoms with van der Waals surface area (Å²) in [7, 11) is 0. The Bertz CT molecular complexity index is 354. The van der Waals surface area contributed by atoms with Gasteiger partial charge >= 0.3 is 6.18 Å². The van der Waals surface area contributed by atoms with Crippen LogP contribution in [0.4, 0.5) is 19.0 Å². The lowest BCUT2D eigenvalue weighted by atomic mass is 10.2. The van der Waals surface area contributed by atoms with Crippen molar-refractivity contribution in [2.45, 2.75) is 31.5 Å². The monoisotopic (exact) mass is 217 g/mol. The van der Waals surface area contributed by atoms with Gasteiger partial charge in [-0.15, -0.1) is 5.10 Å². The van der Waals surface area contributed by atoms with Crippen molar-refractivity contribution in [3.63, 3.8) is 0 Å². The summed E-state index contributed by atoms with van der Waals surface area (Å²) in [5.41, 5.74) is -1.09. The van der Waals surface area contributed by atoms with Gasteiger partial charge in [-0.1, -0.05) is 0 Å². The van der Waals surface area contributed by atoms with Crippen molar-refractivity contribution in [2.75, 3.05) is 5.32 Å². The predicted molar refractivity (Wildman–Crippen MR) is 48.4 cm³/mol. The predicted octanol–water partition coefficient (Wildman–Crippen LogP) is 2.29. The van der Waals surface area contributed by atoms with E-state index in [1.165, 1.54) is 6.07 Å². The first-order valence-electron chi connectivity index (χ1n) is 4.58. The summed E-state index contributed by atoms with van der Waals surface area (Å²) in [5.74, 6) is 0.176. The summed E-state index contributed by atoms with van der Waals surface area (Å²) in [6, 6.07) is 3.13. The van der Waals surface area contributed by atoms with Gasteiger partial charge < -0.3 is 5.32 Å². The average molecular weight is 217 g/mol. The van der Waals surface area contributed by atoms with Gasteiger partial charge in [0.2, 0.25) is 0 Å². The van der Waals surface area contributed by atoms with Crippen molar-refractivity contribution < 1.29 is 13.2 Å². The van der Waals surface area contributed by atoms with E-state index in [1.54, 1.807) is 13.0 Å². The molecule has 0 amide bonds. The quantitative estimate of drug-likeness (QED) is 0.825. The van der Waals surface area contributed by atoms with Crippen molar-refractivity contribution in [1.29, 1.82) is 0 Å². The topological polar surface area (TPSA) is 37.8 Å². The van der Waals surface area contributed by atoms with Crippen LogP contribution in [-0.4, -0.2) is 21.9 Å². The number of anilines is 1. The summed E-state index contributed by atoms with van der Waals surface area (Å²) in [6.07, 6.45) is -4.02. The number of halogens is 3. The first kappa shape index (κ1) is 10.2. The first-order chi connectivity index (χ1) is 6.93. The molecule has 1 aliphatic carbocycles. The molecule has 1 fully saturated rings. The SMILES string of the molecule is Cc1ccc(NC2(C(F)(F)F)CC2)nn1. The number of aromatic nitrogens is 2. The Labute approximate surface area is 84.7 Å². The standard InChI is InChI=1S/C9H10F3N3/c1-6-2-3-7(15-14-6)13-8(4-5-8)9(10,11)12/h2-3H,4-5H2,1H3,(H,13,15). The van der Waals surface area contributed by atoms with Gasteiger partial charge in [0.25, 0.3) is 0 Å². The van der Waals surface area contributed by atoms with Crippen LogP contribution in [0, 0.1) is 6.92 Å². The third kappa shape index (κ3) is 1.88. The molecule has 3 nitrogen and oxygen atoms in total. The van der Waals surface area contributed by atoms with E-state index >= 15 is 0 Å². The van der Waals surface area contributed by atoms with Gasteiger partial charge in [0.1, 0.15) is 11.4 Å². The number of alkyl halides is 3. The second-order valence-corrected chi connectivity index (χ2v) is 3.76. The Kier molecular flexibility index (Phi) is 2.09. The molecule has 1 heterocycles. The average Bonchev–Trinajstić information content (AvgIpc) is 2.89. The van der Waals surface area contributed by atoms with Gasteiger partial charge in [0, 0.05) is 0 Å². The lowest BCUT2D eigenvalue weighted by Crippen LogP contribution is -2.38. The van der Waals surface area contributed by atoms with Crippen molar-refractivity contribution in [3.05, 3.63) is 17.8 Å². The molecule has 0 bridgehead atoms. The van der Waals surface area contributed by atoms with E-state index in [-0.39, 0.29) is 18.7 Å². The maximum atomic E-state index is 12.6. The van der Waals surface area contributed by atoms with Crippen LogP contribution in [0.15, 0.2) is 12.1 Å². The van der Waals surface area contributed by atoms with Crippen LogP contribution in [0.3, 0.4) is 0 Å². The van der Waals surface area contributed by atoms with E-state index in [0.29, 0.717) is 5.69 Å². The van der Waals surface area contributed by atoms with Crippen LogP contribution in [0.2, 0.25) is 0 Å². The zero-order valence-electron chi connectivity index (χ0n) is 8.10. The van der Waals surface area contributed by atoms with Crippen LogP contribution >= 0.6 is 0 Å². The van der Waals surface area contributed by atoms with Gasteiger partial charge in [-0.3, -0.25) is 0 Å². The molecule has 1 aromatic rings. The zero-order valence-corrected chi connectivity index (χ0v) is 8.10. The maximum Gasteiger partial charge on any atom is 0.411 e. The first-order valence-corrected chi connectivity index (χ1v) is 4.58. The molecule has 0 atom stereocenters. The Morgan fingerprint density at radius 3 is 2.33 bits per heavy atom. The highest BCUT2D eigenvalue weighted by molar-refractivity contribution is 5.40. The van der Waals surface area contributed by atoms with Crippen molar-refractivity contribution >= 4 is 5.82 Å². The summed E-state index contributed by atoms with van der Waals surface area (Å²) in [4.78, 5) is 0. The molecule has 0 saturated heterocycles. The highest BCUT2D eigenvalue weighted by Crippen LogP contribution is 2.50. The summed E-state index contributed by atoms with van der Waals surface area (Å²) in [5, 5.41) is 9.75. The Hall–Kier alpha value is -1.33. The van der Waals surface area contributed by atoms with E-state index in [2.05, 4.69) is 15.5 Å². The van der Waals surface area contributed by atoms with E-state index in [4.69, 9.17) is 0 Å². The smallest absolute Gasteiger partial charge is 0.355 e. The molecule has 2 rings (SSSR count). The number of hydrogen-bond donors (Lipinski definition) is 1. The molecule has 1 aliphatic rings. The molecule has 0 radical (unpaired) electrons. The van der Waals surface area contributed by atoms with Gasteiger partial charge in [-0.2, -0.15) is 18.3 Å². The minimum atomic E-state index is -4.22. The van der Waals surface area contributed by atoms with Crippen LogP contribution in [-0.2, 0) is 0 Å². The highest BCUT2D eigenvalue weighted by Gasteiger charge is 2.63. The third-order valence-electron chi connectivity index (χ3n) is 2.46. The molecule has 82 valence electrons. The molecule has 0 spiro atoms. The number of nitrogens with one attached hydrogen (secondary N) is 1. The summed E-state index contributed by atoms with van der Waals surface area (Å²) >= 11 is 0. The van der Waals surface area contributed by atoms with Crippen molar-refractivity contribution in [3.8, 4) is 0 Å². The molecule has 1 aromatic heterocycles. The lowest BCUT2D eigenvalue weighted by molar-refractivity contribution is -0.151. The fraction of sp³-hybridized carbons (Fsp3) is 0.556.